The topological polar surface area (TPSA) is 77.6 Å². The molecule has 9 nitrogen and oxygen atoms in total. The first-order valence-corrected chi connectivity index (χ1v) is 16.1. The van der Waals surface area contributed by atoms with Crippen LogP contribution in [0.4, 0.5) is 11.4 Å². The Balaban J connectivity index is 0.00000384. The van der Waals surface area contributed by atoms with Crippen molar-refractivity contribution in [1.82, 2.24) is 15.1 Å². The molecule has 4 aliphatic rings. The van der Waals surface area contributed by atoms with Gasteiger partial charge < -0.3 is 34.4 Å². The van der Waals surface area contributed by atoms with Crippen molar-refractivity contribution in [3.63, 3.8) is 0 Å². The van der Waals surface area contributed by atoms with Crippen LogP contribution in [0.3, 0.4) is 0 Å². The van der Waals surface area contributed by atoms with Crippen molar-refractivity contribution < 1.29 is 19.1 Å². The molecule has 1 atom stereocenters. The SMILES string of the molecule is CC(C)(Oc1cccc(N2CCCC(C(=O)N(Cc3ccc(N4CCOCC4)cc3)C3CC3)C2)c1)C(=O)N1CCNCC1.Cl. The molecule has 1 aliphatic carbocycles. The number of hydrogen-bond acceptors (Lipinski definition) is 7. The summed E-state index contributed by atoms with van der Waals surface area (Å²) in [6.45, 7) is 12.4. The Labute approximate surface area is 268 Å². The van der Waals surface area contributed by atoms with E-state index >= 15 is 0 Å². The molecule has 3 saturated heterocycles. The largest absolute Gasteiger partial charge is 0.478 e. The van der Waals surface area contributed by atoms with E-state index in [1.807, 2.05) is 36.9 Å². The number of morpholine rings is 1. The van der Waals surface area contributed by atoms with Crippen molar-refractivity contribution in [3.05, 3.63) is 54.1 Å². The van der Waals surface area contributed by atoms with Crippen LogP contribution in [-0.2, 0) is 20.9 Å². The molecule has 0 spiro atoms. The summed E-state index contributed by atoms with van der Waals surface area (Å²) in [6, 6.07) is 17.1. The Hall–Kier alpha value is -3.01. The Morgan fingerprint density at radius 3 is 2.36 bits per heavy atom. The van der Waals surface area contributed by atoms with Crippen LogP contribution in [0.15, 0.2) is 48.5 Å². The van der Waals surface area contributed by atoms with E-state index in [-0.39, 0.29) is 30.1 Å². The molecule has 1 saturated carbocycles. The first kappa shape index (κ1) is 32.4. The molecule has 4 fully saturated rings. The van der Waals surface area contributed by atoms with Crippen LogP contribution in [0.1, 0.15) is 45.1 Å². The van der Waals surface area contributed by atoms with E-state index in [9.17, 15) is 9.59 Å². The van der Waals surface area contributed by atoms with E-state index in [1.54, 1.807) is 0 Å². The summed E-state index contributed by atoms with van der Waals surface area (Å²) in [5.41, 5.74) is 2.49. The number of nitrogens with one attached hydrogen (secondary N) is 1. The number of benzene rings is 2. The number of rotatable bonds is 9. The lowest BCUT2D eigenvalue weighted by Gasteiger charge is -2.37. The van der Waals surface area contributed by atoms with Crippen molar-refractivity contribution in [2.75, 3.05) is 75.4 Å². The summed E-state index contributed by atoms with van der Waals surface area (Å²) in [6.07, 6.45) is 4.07. The van der Waals surface area contributed by atoms with Gasteiger partial charge in [0.25, 0.3) is 5.91 Å². The van der Waals surface area contributed by atoms with E-state index in [2.05, 4.69) is 50.3 Å². The van der Waals surface area contributed by atoms with Gasteiger partial charge in [-0.25, -0.2) is 0 Å². The normalized spacial score (nSPS) is 21.0. The lowest BCUT2D eigenvalue weighted by atomic mass is 9.95. The van der Waals surface area contributed by atoms with Crippen molar-refractivity contribution in [3.8, 4) is 5.75 Å². The highest BCUT2D eigenvalue weighted by molar-refractivity contribution is 5.85. The summed E-state index contributed by atoms with van der Waals surface area (Å²) in [5, 5.41) is 3.30. The molecule has 2 amide bonds. The third-order valence-electron chi connectivity index (χ3n) is 9.18. The number of carbonyl (C=O) groups excluding carboxylic acids is 2. The van der Waals surface area contributed by atoms with E-state index in [1.165, 1.54) is 11.3 Å². The maximum atomic E-state index is 14.0. The van der Waals surface area contributed by atoms with Crippen LogP contribution >= 0.6 is 12.4 Å². The van der Waals surface area contributed by atoms with E-state index in [0.717, 1.165) is 77.3 Å². The summed E-state index contributed by atoms with van der Waals surface area (Å²) in [7, 11) is 0. The Morgan fingerprint density at radius 1 is 0.932 bits per heavy atom. The van der Waals surface area contributed by atoms with Crippen molar-refractivity contribution in [2.45, 2.75) is 57.7 Å². The van der Waals surface area contributed by atoms with E-state index in [0.29, 0.717) is 38.0 Å². The van der Waals surface area contributed by atoms with Gasteiger partial charge in [0.2, 0.25) is 5.91 Å². The van der Waals surface area contributed by atoms with Crippen LogP contribution in [0, 0.1) is 5.92 Å². The standard InChI is InChI=1S/C34H47N5O4.ClH/c1-34(2,33(41)37-17-14-35-15-18-37)43-31-7-3-6-30(23-31)38-16-4-5-27(25-38)32(40)39(29-12-13-29)24-26-8-10-28(11-9-26)36-19-21-42-22-20-36;/h3,6-11,23,27,29,35H,4-5,12-22,24-25H2,1-2H3;1H. The lowest BCUT2D eigenvalue weighted by Crippen LogP contribution is -2.54. The number of ether oxygens (including phenoxy) is 2. The van der Waals surface area contributed by atoms with Crippen molar-refractivity contribution in [1.29, 1.82) is 0 Å². The highest BCUT2D eigenvalue weighted by Gasteiger charge is 2.38. The van der Waals surface area contributed by atoms with Gasteiger partial charge >= 0.3 is 0 Å². The van der Waals surface area contributed by atoms with Crippen molar-refractivity contribution in [2.24, 2.45) is 5.92 Å². The zero-order valence-electron chi connectivity index (χ0n) is 26.2. The van der Waals surface area contributed by atoms with Crippen molar-refractivity contribution >= 4 is 35.6 Å². The number of piperidine rings is 1. The number of amides is 2. The molecule has 10 heteroatoms. The average Bonchev–Trinajstić information content (AvgIpc) is 3.90. The number of halogens is 1. The molecular formula is C34H48ClN5O4. The summed E-state index contributed by atoms with van der Waals surface area (Å²) < 4.78 is 11.8. The van der Waals surface area contributed by atoms with E-state index in [4.69, 9.17) is 9.47 Å². The molecule has 0 aromatic heterocycles. The fraction of sp³-hybridized carbons (Fsp3) is 0.588. The van der Waals surface area contributed by atoms with Crippen LogP contribution in [-0.4, -0.2) is 98.8 Å². The first-order valence-electron chi connectivity index (χ1n) is 16.1. The Kier molecular flexibility index (Phi) is 10.6. The van der Waals surface area contributed by atoms with Gasteiger partial charge in [-0.2, -0.15) is 0 Å². The van der Waals surface area contributed by atoms with Crippen LogP contribution in [0.2, 0.25) is 0 Å². The molecule has 1 unspecified atom stereocenters. The highest BCUT2D eigenvalue weighted by Crippen LogP contribution is 2.34. The highest BCUT2D eigenvalue weighted by atomic mass is 35.5. The van der Waals surface area contributed by atoms with Crippen LogP contribution in [0.25, 0.3) is 0 Å². The molecule has 6 rings (SSSR count). The maximum absolute atomic E-state index is 14.0. The predicted octanol–water partition coefficient (Wildman–Crippen LogP) is 3.94. The minimum Gasteiger partial charge on any atom is -0.478 e. The maximum Gasteiger partial charge on any atom is 0.266 e. The van der Waals surface area contributed by atoms with Crippen LogP contribution < -0.4 is 19.9 Å². The van der Waals surface area contributed by atoms with Gasteiger partial charge in [-0.15, -0.1) is 12.4 Å². The molecule has 3 aliphatic heterocycles. The number of anilines is 2. The lowest BCUT2D eigenvalue weighted by molar-refractivity contribution is -0.146. The van der Waals surface area contributed by atoms with Gasteiger partial charge in [0.05, 0.1) is 19.1 Å². The minimum atomic E-state index is -0.957. The summed E-state index contributed by atoms with van der Waals surface area (Å²) in [4.78, 5) is 35.8. The molecular weight excluding hydrogens is 578 g/mol. The van der Waals surface area contributed by atoms with Gasteiger partial charge in [-0.1, -0.05) is 18.2 Å². The quantitative estimate of drug-likeness (QED) is 0.452. The zero-order valence-corrected chi connectivity index (χ0v) is 27.0. The summed E-state index contributed by atoms with van der Waals surface area (Å²) >= 11 is 0. The number of carbonyl (C=O) groups is 2. The molecule has 0 radical (unpaired) electrons. The number of nitrogens with zero attached hydrogens (tertiary/aromatic N) is 4. The number of hydrogen-bond donors (Lipinski definition) is 1. The second-order valence-corrected chi connectivity index (χ2v) is 12.9. The number of piperazine rings is 1. The van der Waals surface area contributed by atoms with Gasteiger partial charge in [0.15, 0.2) is 5.60 Å². The average molecular weight is 626 g/mol. The fourth-order valence-corrected chi connectivity index (χ4v) is 6.58. The molecule has 2 aromatic carbocycles. The van der Waals surface area contributed by atoms with Gasteiger partial charge in [-0.3, -0.25) is 9.59 Å². The van der Waals surface area contributed by atoms with Crippen LogP contribution in [0.5, 0.6) is 5.75 Å². The Bertz CT molecular complexity index is 1260. The van der Waals surface area contributed by atoms with Gasteiger partial charge in [0.1, 0.15) is 5.75 Å². The van der Waals surface area contributed by atoms with Gasteiger partial charge in [-0.05, 0) is 69.4 Å². The van der Waals surface area contributed by atoms with E-state index < -0.39 is 5.60 Å². The predicted molar refractivity (Wildman–Crippen MR) is 176 cm³/mol. The second kappa shape index (κ2) is 14.4. The monoisotopic (exact) mass is 625 g/mol. The molecule has 44 heavy (non-hydrogen) atoms. The first-order chi connectivity index (χ1) is 20.9. The molecule has 3 heterocycles. The molecule has 2 aromatic rings. The molecule has 240 valence electrons. The Morgan fingerprint density at radius 2 is 1.66 bits per heavy atom. The minimum absolute atomic E-state index is 0. The second-order valence-electron chi connectivity index (χ2n) is 12.9. The van der Waals surface area contributed by atoms with Gasteiger partial charge in [0, 0.05) is 82.4 Å². The fourth-order valence-electron chi connectivity index (χ4n) is 6.58. The molecule has 1 N–H and O–H groups in total. The summed E-state index contributed by atoms with van der Waals surface area (Å²) in [5.74, 6) is 0.940. The third kappa shape index (κ3) is 7.79. The zero-order chi connectivity index (χ0) is 29.8. The molecule has 0 bridgehead atoms. The third-order valence-corrected chi connectivity index (χ3v) is 9.18. The smallest absolute Gasteiger partial charge is 0.266 e.